The zero-order valence-corrected chi connectivity index (χ0v) is 11.3. The van der Waals surface area contributed by atoms with Crippen LogP contribution in [0.15, 0.2) is 30.6 Å². The maximum absolute atomic E-state index is 10.0. The van der Waals surface area contributed by atoms with Gasteiger partial charge in [0.2, 0.25) is 0 Å². The van der Waals surface area contributed by atoms with Gasteiger partial charge in [0.1, 0.15) is 0 Å². The Morgan fingerprint density at radius 1 is 1.39 bits per heavy atom. The topological polar surface area (TPSA) is 50.1 Å². The highest BCUT2D eigenvalue weighted by Crippen LogP contribution is 2.25. The molecule has 1 atom stereocenters. The summed E-state index contributed by atoms with van der Waals surface area (Å²) in [4.78, 5) is 0. The molecule has 0 fully saturated rings. The van der Waals surface area contributed by atoms with Crippen molar-refractivity contribution in [2.75, 3.05) is 11.9 Å². The van der Waals surface area contributed by atoms with Gasteiger partial charge in [-0.15, -0.1) is 0 Å². The lowest BCUT2D eigenvalue weighted by Gasteiger charge is -2.12. The average Bonchev–Trinajstić information content (AvgIpc) is 2.75. The quantitative estimate of drug-likeness (QED) is 0.908. The van der Waals surface area contributed by atoms with Crippen LogP contribution < -0.4 is 5.32 Å². The summed E-state index contributed by atoms with van der Waals surface area (Å²) in [5.41, 5.74) is 1.58. The van der Waals surface area contributed by atoms with Gasteiger partial charge in [-0.2, -0.15) is 5.10 Å². The normalized spacial score (nSPS) is 12.4. The highest BCUT2D eigenvalue weighted by molar-refractivity contribution is 6.42. The van der Waals surface area contributed by atoms with E-state index in [0.29, 0.717) is 16.6 Å². The predicted molar refractivity (Wildman–Crippen MR) is 73.1 cm³/mol. The van der Waals surface area contributed by atoms with E-state index in [-0.39, 0.29) is 0 Å². The van der Waals surface area contributed by atoms with Gasteiger partial charge in [-0.25, -0.2) is 0 Å². The maximum atomic E-state index is 10.0. The fraction of sp³-hybridized carbons (Fsp3) is 0.250. The van der Waals surface area contributed by atoms with Crippen molar-refractivity contribution in [2.45, 2.75) is 6.10 Å². The molecule has 0 bridgehead atoms. The first-order valence-corrected chi connectivity index (χ1v) is 6.17. The predicted octanol–water partition coefficient (Wildman–Crippen LogP) is 2.87. The van der Waals surface area contributed by atoms with Crippen LogP contribution in [0.25, 0.3) is 0 Å². The van der Waals surface area contributed by atoms with Gasteiger partial charge in [0, 0.05) is 19.8 Å². The summed E-state index contributed by atoms with van der Waals surface area (Å²) < 4.78 is 1.69. The third kappa shape index (κ3) is 3.16. The lowest BCUT2D eigenvalue weighted by molar-refractivity contribution is 0.191. The molecule has 0 aliphatic heterocycles. The molecule has 1 heterocycles. The number of aliphatic hydroxyl groups excluding tert-OH is 1. The van der Waals surface area contributed by atoms with Crippen LogP contribution in [0.2, 0.25) is 10.0 Å². The molecule has 2 aromatic rings. The second-order valence-electron chi connectivity index (χ2n) is 3.97. The SMILES string of the molecule is Cn1cc(NC[C@H](O)c2ccc(Cl)c(Cl)c2)cn1. The van der Waals surface area contributed by atoms with Crippen molar-refractivity contribution >= 4 is 28.9 Å². The average molecular weight is 286 g/mol. The van der Waals surface area contributed by atoms with Gasteiger partial charge in [-0.1, -0.05) is 29.3 Å². The Morgan fingerprint density at radius 3 is 2.78 bits per heavy atom. The van der Waals surface area contributed by atoms with Crippen LogP contribution in [0.1, 0.15) is 11.7 Å². The first-order valence-electron chi connectivity index (χ1n) is 5.42. The summed E-state index contributed by atoms with van der Waals surface area (Å²) in [6.07, 6.45) is 2.88. The standard InChI is InChI=1S/C12H13Cl2N3O/c1-17-7-9(5-16-17)15-6-12(18)8-2-3-10(13)11(14)4-8/h2-5,7,12,15,18H,6H2,1H3/t12-/m0/s1. The minimum atomic E-state index is -0.653. The van der Waals surface area contributed by atoms with Gasteiger partial charge in [0.25, 0.3) is 0 Å². The summed E-state index contributed by atoms with van der Waals surface area (Å²) in [6, 6.07) is 5.09. The number of rotatable bonds is 4. The Labute approximate surface area is 115 Å². The highest BCUT2D eigenvalue weighted by atomic mass is 35.5. The maximum Gasteiger partial charge on any atom is 0.0962 e. The van der Waals surface area contributed by atoms with Crippen molar-refractivity contribution in [3.63, 3.8) is 0 Å². The lowest BCUT2D eigenvalue weighted by Crippen LogP contribution is -2.11. The number of hydrogen-bond acceptors (Lipinski definition) is 3. The number of halogens is 2. The van der Waals surface area contributed by atoms with Gasteiger partial charge >= 0.3 is 0 Å². The van der Waals surface area contributed by atoms with Crippen LogP contribution in [0.5, 0.6) is 0 Å². The molecule has 0 aliphatic rings. The van der Waals surface area contributed by atoms with Gasteiger partial charge < -0.3 is 10.4 Å². The van der Waals surface area contributed by atoms with Crippen molar-refractivity contribution in [1.82, 2.24) is 9.78 Å². The Balaban J connectivity index is 1.99. The van der Waals surface area contributed by atoms with E-state index in [2.05, 4.69) is 10.4 Å². The Bertz CT molecular complexity index is 542. The molecule has 0 aliphatic carbocycles. The van der Waals surface area contributed by atoms with Crippen LogP contribution in [0, 0.1) is 0 Å². The second kappa shape index (κ2) is 5.61. The summed E-state index contributed by atoms with van der Waals surface area (Å²) in [6.45, 7) is 0.379. The van der Waals surface area contributed by atoms with Gasteiger partial charge in [0.15, 0.2) is 0 Å². The number of aromatic nitrogens is 2. The molecule has 4 nitrogen and oxygen atoms in total. The van der Waals surface area contributed by atoms with E-state index in [1.165, 1.54) is 0 Å². The molecule has 0 saturated heterocycles. The van der Waals surface area contributed by atoms with Crippen molar-refractivity contribution < 1.29 is 5.11 Å². The first-order chi connectivity index (χ1) is 8.56. The fourth-order valence-electron chi connectivity index (χ4n) is 1.56. The van der Waals surface area contributed by atoms with Crippen molar-refractivity contribution in [3.8, 4) is 0 Å². The summed E-state index contributed by atoms with van der Waals surface area (Å²) in [5.74, 6) is 0. The molecule has 1 aromatic carbocycles. The van der Waals surface area contributed by atoms with E-state index < -0.39 is 6.10 Å². The smallest absolute Gasteiger partial charge is 0.0962 e. The number of hydrogen-bond donors (Lipinski definition) is 2. The molecule has 1 aromatic heterocycles. The van der Waals surface area contributed by atoms with Gasteiger partial charge in [-0.05, 0) is 17.7 Å². The lowest BCUT2D eigenvalue weighted by atomic mass is 10.1. The van der Waals surface area contributed by atoms with E-state index >= 15 is 0 Å². The molecule has 0 radical (unpaired) electrons. The molecule has 0 spiro atoms. The molecule has 6 heteroatoms. The first kappa shape index (κ1) is 13.2. The number of aliphatic hydroxyl groups is 1. The number of aryl methyl sites for hydroxylation is 1. The largest absolute Gasteiger partial charge is 0.387 e. The minimum absolute atomic E-state index is 0.379. The monoisotopic (exact) mass is 285 g/mol. The number of anilines is 1. The Hall–Kier alpha value is -1.23. The van der Waals surface area contributed by atoms with E-state index in [4.69, 9.17) is 23.2 Å². The van der Waals surface area contributed by atoms with E-state index in [0.717, 1.165) is 11.3 Å². The van der Waals surface area contributed by atoms with Crippen LogP contribution in [0.4, 0.5) is 5.69 Å². The van der Waals surface area contributed by atoms with Crippen LogP contribution in [-0.2, 0) is 7.05 Å². The van der Waals surface area contributed by atoms with E-state index in [9.17, 15) is 5.11 Å². The zero-order chi connectivity index (χ0) is 13.1. The third-order valence-corrected chi connectivity index (χ3v) is 3.27. The zero-order valence-electron chi connectivity index (χ0n) is 9.77. The molecule has 96 valence electrons. The highest BCUT2D eigenvalue weighted by Gasteiger charge is 2.09. The van der Waals surface area contributed by atoms with E-state index in [1.54, 1.807) is 29.1 Å². The third-order valence-electron chi connectivity index (χ3n) is 2.53. The summed E-state index contributed by atoms with van der Waals surface area (Å²) in [5, 5.41) is 18.0. The number of nitrogens with one attached hydrogen (secondary N) is 1. The molecule has 0 amide bonds. The van der Waals surface area contributed by atoms with Gasteiger partial charge in [-0.3, -0.25) is 4.68 Å². The van der Waals surface area contributed by atoms with Crippen LogP contribution >= 0.6 is 23.2 Å². The summed E-state index contributed by atoms with van der Waals surface area (Å²) >= 11 is 11.7. The Kier molecular flexibility index (Phi) is 4.11. The summed E-state index contributed by atoms with van der Waals surface area (Å²) in [7, 11) is 1.83. The number of nitrogens with zero attached hydrogens (tertiary/aromatic N) is 2. The Morgan fingerprint density at radius 2 is 2.17 bits per heavy atom. The van der Waals surface area contributed by atoms with Crippen LogP contribution in [-0.4, -0.2) is 21.4 Å². The van der Waals surface area contributed by atoms with Crippen molar-refractivity contribution in [1.29, 1.82) is 0 Å². The minimum Gasteiger partial charge on any atom is -0.387 e. The molecular weight excluding hydrogens is 273 g/mol. The van der Waals surface area contributed by atoms with Crippen molar-refractivity contribution in [3.05, 3.63) is 46.2 Å². The molecule has 2 N–H and O–H groups in total. The molecule has 0 unspecified atom stereocenters. The molecule has 2 rings (SSSR count). The molecular formula is C12H13Cl2N3O. The van der Waals surface area contributed by atoms with Crippen molar-refractivity contribution in [2.24, 2.45) is 7.05 Å². The molecule has 18 heavy (non-hydrogen) atoms. The number of benzene rings is 1. The molecule has 0 saturated carbocycles. The second-order valence-corrected chi connectivity index (χ2v) is 4.79. The van der Waals surface area contributed by atoms with Gasteiger partial charge in [0.05, 0.1) is 28.0 Å². The van der Waals surface area contributed by atoms with E-state index in [1.807, 2.05) is 13.2 Å². The fourth-order valence-corrected chi connectivity index (χ4v) is 1.87. The van der Waals surface area contributed by atoms with Crippen LogP contribution in [0.3, 0.4) is 0 Å².